The predicted octanol–water partition coefficient (Wildman–Crippen LogP) is -0.0736. The third kappa shape index (κ3) is 4.57. The summed E-state index contributed by atoms with van der Waals surface area (Å²) in [7, 11) is 3.00. The zero-order valence-corrected chi connectivity index (χ0v) is 17.3. The van der Waals surface area contributed by atoms with Crippen LogP contribution in [0.15, 0.2) is 40.2 Å². The molecule has 8 nitrogen and oxygen atoms in total. The molecule has 3 rings (SSSR count). The molecule has 1 fully saturated rings. The number of H-pyrrole nitrogens is 1. The van der Waals surface area contributed by atoms with Gasteiger partial charge < -0.3 is 34.9 Å². The molecule has 2 heterocycles. The van der Waals surface area contributed by atoms with Crippen LogP contribution in [0.5, 0.6) is 0 Å². The van der Waals surface area contributed by atoms with Crippen molar-refractivity contribution in [2.24, 2.45) is 4.99 Å². The molecule has 9 heteroatoms. The molecule has 1 aromatic heterocycles. The maximum absolute atomic E-state index is 12.4. The van der Waals surface area contributed by atoms with E-state index in [1.165, 1.54) is 25.0 Å². The van der Waals surface area contributed by atoms with E-state index in [0.29, 0.717) is 5.69 Å². The molecule has 1 aliphatic rings. The van der Waals surface area contributed by atoms with Gasteiger partial charge >= 0.3 is 5.69 Å². The minimum Gasteiger partial charge on any atom is -0.410 e. The van der Waals surface area contributed by atoms with Gasteiger partial charge in [-0.15, -0.1) is 6.07 Å². The molecular weight excluding hydrogens is 415 g/mol. The molecule has 1 unspecified atom stereocenters. The molecule has 0 amide bonds. The largest absolute Gasteiger partial charge is 0.410 e. The van der Waals surface area contributed by atoms with Gasteiger partial charge in [-0.25, -0.2) is 4.79 Å². The van der Waals surface area contributed by atoms with Gasteiger partial charge in [0.1, 0.15) is 18.3 Å². The van der Waals surface area contributed by atoms with Gasteiger partial charge in [-0.05, 0) is 5.49 Å². The number of aromatic nitrogens is 2. The molecule has 0 spiro atoms. The summed E-state index contributed by atoms with van der Waals surface area (Å²) in [6.45, 7) is 0.242. The van der Waals surface area contributed by atoms with Gasteiger partial charge in [-0.2, -0.15) is 30.5 Å². The van der Waals surface area contributed by atoms with E-state index < -0.39 is 30.2 Å². The molecular formula is C17H19N3O5Y-2. The molecule has 2 N–H and O–H groups in total. The number of ether oxygens (including phenoxy) is 3. The van der Waals surface area contributed by atoms with Crippen LogP contribution >= 0.6 is 0 Å². The van der Waals surface area contributed by atoms with E-state index in [4.69, 9.17) is 14.2 Å². The third-order valence-corrected chi connectivity index (χ3v) is 3.91. The minimum absolute atomic E-state index is 0. The second-order valence-electron chi connectivity index (χ2n) is 5.53. The van der Waals surface area contributed by atoms with Crippen molar-refractivity contribution in [3.63, 3.8) is 0 Å². The number of nitrogens with one attached hydrogen (secondary N) is 1. The third-order valence-electron chi connectivity index (χ3n) is 3.91. The standard InChI is InChI=1S/C17H19N3O5.Y/c1-23-10-12-15(24-2)14(21)16(25-12)20-9-8-13(19-17(20)22)18-11-6-4-3-5-7-11;/h3-6,9,12,14-16,21H,10H2,1-2H3,(H,18,19,22);/q-2;/t12-,14?,15+,16-;/m1./s1. The van der Waals surface area contributed by atoms with Crippen molar-refractivity contribution in [1.82, 2.24) is 9.55 Å². The van der Waals surface area contributed by atoms with E-state index in [9.17, 15) is 9.90 Å². The SMILES string of the molecule is COC[C@H]1O[C@@H](n2c[c-]c(=Nc3[c-]cccc3)[nH]c2=O)C(O)[C@H]1OC.[Y]. The Bertz CT molecular complexity index is 823. The second-order valence-corrected chi connectivity index (χ2v) is 5.53. The summed E-state index contributed by atoms with van der Waals surface area (Å²) in [6.07, 6.45) is -1.60. The Morgan fingerprint density at radius 3 is 2.81 bits per heavy atom. The molecule has 4 atom stereocenters. The topological polar surface area (TPSA) is 98.1 Å². The molecule has 137 valence electrons. The summed E-state index contributed by atoms with van der Waals surface area (Å²) >= 11 is 0. The van der Waals surface area contributed by atoms with Crippen LogP contribution in [-0.4, -0.2) is 53.8 Å². The molecule has 1 radical (unpaired) electrons. The smallest absolute Gasteiger partial charge is 0.324 e. The van der Waals surface area contributed by atoms with Crippen LogP contribution in [0, 0.1) is 12.1 Å². The van der Waals surface area contributed by atoms with Crippen LogP contribution in [0.4, 0.5) is 5.69 Å². The van der Waals surface area contributed by atoms with Crippen LogP contribution in [0.3, 0.4) is 0 Å². The minimum atomic E-state index is -1.02. The van der Waals surface area contributed by atoms with Gasteiger partial charge in [0.2, 0.25) is 0 Å². The van der Waals surface area contributed by atoms with Crippen LogP contribution in [0.25, 0.3) is 0 Å². The second kappa shape index (κ2) is 9.68. The number of para-hydroxylation sites is 1. The molecule has 2 aromatic rings. The molecule has 1 aromatic carbocycles. The molecule has 0 saturated carbocycles. The first-order valence-corrected chi connectivity index (χ1v) is 7.74. The van der Waals surface area contributed by atoms with Gasteiger partial charge in [-0.3, -0.25) is 4.99 Å². The number of hydrogen-bond donors (Lipinski definition) is 2. The number of aliphatic hydroxyl groups is 1. The van der Waals surface area contributed by atoms with Crippen LogP contribution in [0.1, 0.15) is 6.23 Å². The van der Waals surface area contributed by atoms with Crippen molar-refractivity contribution in [3.05, 3.63) is 58.6 Å². The molecule has 1 saturated heterocycles. The fourth-order valence-electron chi connectivity index (χ4n) is 2.75. The number of methoxy groups -OCH3 is 2. The summed E-state index contributed by atoms with van der Waals surface area (Å²) < 4.78 is 17.3. The average molecular weight is 434 g/mol. The predicted molar refractivity (Wildman–Crippen MR) is 87.0 cm³/mol. The monoisotopic (exact) mass is 434 g/mol. The fraction of sp³-hybridized carbons (Fsp3) is 0.412. The van der Waals surface area contributed by atoms with Gasteiger partial charge in [0.25, 0.3) is 0 Å². The van der Waals surface area contributed by atoms with Crippen molar-refractivity contribution in [1.29, 1.82) is 0 Å². The molecule has 0 aliphatic carbocycles. The van der Waals surface area contributed by atoms with E-state index in [1.807, 2.05) is 12.1 Å². The maximum Gasteiger partial charge on any atom is 0.324 e. The normalized spacial score (nSPS) is 25.9. The quantitative estimate of drug-likeness (QED) is 0.643. The first kappa shape index (κ1) is 21.1. The Kier molecular flexibility index (Phi) is 7.88. The first-order valence-electron chi connectivity index (χ1n) is 7.74. The van der Waals surface area contributed by atoms with Crippen LogP contribution < -0.4 is 11.2 Å². The van der Waals surface area contributed by atoms with E-state index in [0.717, 1.165) is 0 Å². The van der Waals surface area contributed by atoms with E-state index in [-0.39, 0.29) is 44.8 Å². The Hall–Kier alpha value is -1.16. The van der Waals surface area contributed by atoms with Gasteiger partial charge in [0.05, 0.1) is 6.61 Å². The van der Waals surface area contributed by atoms with Crippen molar-refractivity contribution in [3.8, 4) is 0 Å². The number of nitrogens with zero attached hydrogens (tertiary/aromatic N) is 2. The fourth-order valence-corrected chi connectivity index (χ4v) is 2.75. The van der Waals surface area contributed by atoms with E-state index >= 15 is 0 Å². The first-order chi connectivity index (χ1) is 12.1. The van der Waals surface area contributed by atoms with Gasteiger partial charge in [-0.1, -0.05) is 5.69 Å². The zero-order chi connectivity index (χ0) is 17.8. The Labute approximate surface area is 175 Å². The number of rotatable bonds is 5. The van der Waals surface area contributed by atoms with Gasteiger partial charge in [0, 0.05) is 46.9 Å². The number of aromatic amines is 1. The van der Waals surface area contributed by atoms with Crippen LogP contribution in [-0.2, 0) is 46.9 Å². The molecule has 26 heavy (non-hydrogen) atoms. The molecule has 0 bridgehead atoms. The van der Waals surface area contributed by atoms with Crippen molar-refractivity contribution >= 4 is 5.69 Å². The maximum atomic E-state index is 12.4. The summed E-state index contributed by atoms with van der Waals surface area (Å²) in [5.41, 5.74) is 0.349. The average Bonchev–Trinajstić information content (AvgIpc) is 2.92. The number of aliphatic hydroxyl groups excluding tert-OH is 1. The van der Waals surface area contributed by atoms with Crippen LogP contribution in [0.2, 0.25) is 0 Å². The van der Waals surface area contributed by atoms with E-state index in [2.05, 4.69) is 22.1 Å². The molecule has 1 aliphatic heterocycles. The summed E-state index contributed by atoms with van der Waals surface area (Å²) in [5.74, 6) is 0. The Balaban J connectivity index is 0.00000243. The van der Waals surface area contributed by atoms with Crippen molar-refractivity contribution in [2.75, 3.05) is 20.8 Å². The zero-order valence-electron chi connectivity index (χ0n) is 14.5. The summed E-state index contributed by atoms with van der Waals surface area (Å²) in [5, 5.41) is 10.4. The van der Waals surface area contributed by atoms with E-state index in [1.54, 1.807) is 12.1 Å². The Morgan fingerprint density at radius 2 is 2.19 bits per heavy atom. The number of hydrogen-bond acceptors (Lipinski definition) is 6. The summed E-state index contributed by atoms with van der Waals surface area (Å²) in [6, 6.07) is 12.9. The number of benzene rings is 1. The Morgan fingerprint density at radius 1 is 1.38 bits per heavy atom. The van der Waals surface area contributed by atoms with Crippen molar-refractivity contribution < 1.29 is 52.0 Å². The summed E-state index contributed by atoms with van der Waals surface area (Å²) in [4.78, 5) is 19.2. The van der Waals surface area contributed by atoms with Gasteiger partial charge in [0.15, 0.2) is 6.23 Å². The van der Waals surface area contributed by atoms with Crippen molar-refractivity contribution in [2.45, 2.75) is 24.5 Å².